The number of halogens is 1. The summed E-state index contributed by atoms with van der Waals surface area (Å²) in [4.78, 5) is 39.1. The summed E-state index contributed by atoms with van der Waals surface area (Å²) < 4.78 is 10.5. The summed E-state index contributed by atoms with van der Waals surface area (Å²) in [6.07, 6.45) is 1.49. The highest BCUT2D eigenvalue weighted by Gasteiger charge is 2.24. The maximum absolute atomic E-state index is 12.4. The largest absolute Gasteiger partial charge is 0.423 e. The SMILES string of the molecule is O=C1OC(c2cccc(Cl)c2)=N/C1=C/c1cccc(OC(=O)c2cccc([N+](=O)[O-])c2)c1. The van der Waals surface area contributed by atoms with Gasteiger partial charge in [0.1, 0.15) is 5.75 Å². The van der Waals surface area contributed by atoms with Crippen molar-refractivity contribution >= 4 is 41.2 Å². The molecule has 158 valence electrons. The van der Waals surface area contributed by atoms with Gasteiger partial charge >= 0.3 is 11.9 Å². The van der Waals surface area contributed by atoms with Crippen LogP contribution in [0.1, 0.15) is 21.5 Å². The lowest BCUT2D eigenvalue weighted by molar-refractivity contribution is -0.384. The number of hydrogen-bond acceptors (Lipinski definition) is 7. The van der Waals surface area contributed by atoms with Gasteiger partial charge in [0.15, 0.2) is 5.70 Å². The van der Waals surface area contributed by atoms with Crippen LogP contribution in [0.2, 0.25) is 5.02 Å². The number of ether oxygens (including phenoxy) is 2. The monoisotopic (exact) mass is 448 g/mol. The van der Waals surface area contributed by atoms with Crippen LogP contribution in [-0.2, 0) is 9.53 Å². The number of nitro benzene ring substituents is 1. The Morgan fingerprint density at radius 3 is 2.62 bits per heavy atom. The van der Waals surface area contributed by atoms with Gasteiger partial charge < -0.3 is 9.47 Å². The Morgan fingerprint density at radius 1 is 1.06 bits per heavy atom. The van der Waals surface area contributed by atoms with E-state index in [1.54, 1.807) is 42.5 Å². The first kappa shape index (κ1) is 21.0. The fourth-order valence-corrected chi connectivity index (χ4v) is 3.08. The number of aliphatic imine (C=N–C) groups is 1. The molecule has 1 heterocycles. The quantitative estimate of drug-likeness (QED) is 0.182. The van der Waals surface area contributed by atoms with Crippen molar-refractivity contribution in [2.24, 2.45) is 4.99 Å². The average Bonchev–Trinajstić information content (AvgIpc) is 3.14. The summed E-state index contributed by atoms with van der Waals surface area (Å²) in [6.45, 7) is 0. The van der Waals surface area contributed by atoms with E-state index in [9.17, 15) is 19.7 Å². The molecule has 0 spiro atoms. The second-order valence-electron chi connectivity index (χ2n) is 6.62. The Hall–Kier alpha value is -4.30. The molecule has 3 aromatic rings. The van der Waals surface area contributed by atoms with Crippen molar-refractivity contribution in [1.82, 2.24) is 0 Å². The molecule has 0 saturated heterocycles. The molecule has 0 unspecified atom stereocenters. The van der Waals surface area contributed by atoms with Gasteiger partial charge in [-0.25, -0.2) is 14.6 Å². The van der Waals surface area contributed by atoms with Crippen LogP contribution in [-0.4, -0.2) is 22.8 Å². The highest BCUT2D eigenvalue weighted by molar-refractivity contribution is 6.31. The Kier molecular flexibility index (Phi) is 5.78. The molecule has 0 N–H and O–H groups in total. The van der Waals surface area contributed by atoms with E-state index >= 15 is 0 Å². The molecule has 8 nitrogen and oxygen atoms in total. The fourth-order valence-electron chi connectivity index (χ4n) is 2.89. The minimum absolute atomic E-state index is 0.0399. The number of nitro groups is 1. The second-order valence-corrected chi connectivity index (χ2v) is 7.05. The molecule has 0 atom stereocenters. The van der Waals surface area contributed by atoms with E-state index in [-0.39, 0.29) is 28.6 Å². The molecule has 0 fully saturated rings. The molecule has 0 aromatic heterocycles. The zero-order valence-corrected chi connectivity index (χ0v) is 17.0. The number of carbonyl (C=O) groups excluding carboxylic acids is 2. The maximum Gasteiger partial charge on any atom is 0.363 e. The van der Waals surface area contributed by atoms with Crippen LogP contribution >= 0.6 is 11.6 Å². The van der Waals surface area contributed by atoms with Crippen molar-refractivity contribution in [2.45, 2.75) is 0 Å². The summed E-state index contributed by atoms with van der Waals surface area (Å²) in [5, 5.41) is 11.4. The van der Waals surface area contributed by atoms with Gasteiger partial charge in [-0.2, -0.15) is 0 Å². The minimum atomic E-state index is -0.750. The molecule has 0 aliphatic carbocycles. The standard InChI is InChI=1S/C23H13ClN2O6/c24-17-7-2-5-15(12-17)21-25-20(23(28)32-21)11-14-4-1-9-19(10-14)31-22(27)16-6-3-8-18(13-16)26(29)30/h1-13H/b20-11+. The van der Waals surface area contributed by atoms with E-state index in [2.05, 4.69) is 4.99 Å². The lowest BCUT2D eigenvalue weighted by Crippen LogP contribution is -2.08. The van der Waals surface area contributed by atoms with E-state index in [0.29, 0.717) is 16.1 Å². The first-order chi connectivity index (χ1) is 15.4. The molecular weight excluding hydrogens is 436 g/mol. The summed E-state index contributed by atoms with van der Waals surface area (Å²) in [7, 11) is 0. The molecule has 32 heavy (non-hydrogen) atoms. The summed E-state index contributed by atoms with van der Waals surface area (Å²) in [5.74, 6) is -1.04. The number of rotatable bonds is 5. The predicted molar refractivity (Wildman–Crippen MR) is 117 cm³/mol. The molecule has 3 aromatic carbocycles. The molecule has 4 rings (SSSR count). The van der Waals surface area contributed by atoms with Crippen LogP contribution in [0.5, 0.6) is 5.75 Å². The van der Waals surface area contributed by atoms with E-state index < -0.39 is 16.9 Å². The van der Waals surface area contributed by atoms with Crippen molar-refractivity contribution in [2.75, 3.05) is 0 Å². The number of esters is 2. The van der Waals surface area contributed by atoms with Crippen LogP contribution in [0.15, 0.2) is 83.5 Å². The third-order valence-corrected chi connectivity index (χ3v) is 4.59. The average molecular weight is 449 g/mol. The summed E-state index contributed by atoms with van der Waals surface area (Å²) in [6, 6.07) is 18.4. The van der Waals surface area contributed by atoms with Gasteiger partial charge in [-0.1, -0.05) is 35.9 Å². The lowest BCUT2D eigenvalue weighted by atomic mass is 10.1. The molecule has 0 amide bonds. The highest BCUT2D eigenvalue weighted by Crippen LogP contribution is 2.23. The Balaban J connectivity index is 1.55. The first-order valence-electron chi connectivity index (χ1n) is 9.24. The smallest absolute Gasteiger partial charge is 0.363 e. The molecule has 0 saturated carbocycles. The first-order valence-corrected chi connectivity index (χ1v) is 9.62. The number of nitrogens with zero attached hydrogens (tertiary/aromatic N) is 2. The molecule has 1 aliphatic rings. The van der Waals surface area contributed by atoms with E-state index in [1.807, 2.05) is 0 Å². The number of carbonyl (C=O) groups is 2. The van der Waals surface area contributed by atoms with Crippen molar-refractivity contribution in [1.29, 1.82) is 0 Å². The maximum atomic E-state index is 12.4. The lowest BCUT2D eigenvalue weighted by Gasteiger charge is -2.05. The third-order valence-electron chi connectivity index (χ3n) is 4.36. The summed E-state index contributed by atoms with van der Waals surface area (Å²) in [5.41, 5.74) is 0.998. The molecule has 1 aliphatic heterocycles. The van der Waals surface area contributed by atoms with Gasteiger partial charge in [0.25, 0.3) is 5.69 Å². The molecule has 0 bridgehead atoms. The molecule has 9 heteroatoms. The zero-order chi connectivity index (χ0) is 22.7. The summed E-state index contributed by atoms with van der Waals surface area (Å²) >= 11 is 5.97. The van der Waals surface area contributed by atoms with E-state index in [4.69, 9.17) is 21.1 Å². The third kappa shape index (κ3) is 4.71. The second kappa shape index (κ2) is 8.83. The predicted octanol–water partition coefficient (Wildman–Crippen LogP) is 4.81. The number of cyclic esters (lactones) is 1. The Labute approximate surface area is 186 Å². The van der Waals surface area contributed by atoms with Gasteiger partial charge in [-0.3, -0.25) is 10.1 Å². The van der Waals surface area contributed by atoms with E-state index in [0.717, 1.165) is 6.07 Å². The van der Waals surface area contributed by atoms with Crippen LogP contribution < -0.4 is 4.74 Å². The van der Waals surface area contributed by atoms with Crippen molar-refractivity contribution in [3.8, 4) is 5.75 Å². The number of benzene rings is 3. The van der Waals surface area contributed by atoms with Crippen LogP contribution in [0, 0.1) is 10.1 Å². The van der Waals surface area contributed by atoms with Crippen LogP contribution in [0.25, 0.3) is 6.08 Å². The van der Waals surface area contributed by atoms with Gasteiger partial charge in [0.2, 0.25) is 5.90 Å². The fraction of sp³-hybridized carbons (Fsp3) is 0. The van der Waals surface area contributed by atoms with E-state index in [1.165, 1.54) is 30.3 Å². The van der Waals surface area contributed by atoms with Gasteiger partial charge in [-0.05, 0) is 48.0 Å². The number of hydrogen-bond donors (Lipinski definition) is 0. The Morgan fingerprint density at radius 2 is 1.84 bits per heavy atom. The molecule has 0 radical (unpaired) electrons. The Bertz CT molecular complexity index is 1320. The van der Waals surface area contributed by atoms with Crippen molar-refractivity contribution in [3.05, 3.63) is 110 Å². The van der Waals surface area contributed by atoms with Crippen LogP contribution in [0.4, 0.5) is 5.69 Å². The van der Waals surface area contributed by atoms with Crippen molar-refractivity contribution in [3.63, 3.8) is 0 Å². The topological polar surface area (TPSA) is 108 Å². The van der Waals surface area contributed by atoms with Gasteiger partial charge in [0, 0.05) is 22.7 Å². The zero-order valence-electron chi connectivity index (χ0n) is 16.2. The molecular formula is C23H13ClN2O6. The number of non-ortho nitro benzene ring substituents is 1. The normalized spacial score (nSPS) is 14.1. The minimum Gasteiger partial charge on any atom is -0.423 e. The van der Waals surface area contributed by atoms with Gasteiger partial charge in [-0.15, -0.1) is 0 Å². The highest BCUT2D eigenvalue weighted by atomic mass is 35.5. The van der Waals surface area contributed by atoms with Crippen LogP contribution in [0.3, 0.4) is 0 Å². The van der Waals surface area contributed by atoms with Gasteiger partial charge in [0.05, 0.1) is 10.5 Å². The van der Waals surface area contributed by atoms with Crippen molar-refractivity contribution < 1.29 is 24.0 Å².